The topological polar surface area (TPSA) is 90.1 Å². The van der Waals surface area contributed by atoms with Crippen LogP contribution in [-0.4, -0.2) is 27.2 Å². The molecule has 0 spiro atoms. The fourth-order valence-electron chi connectivity index (χ4n) is 4.02. The van der Waals surface area contributed by atoms with E-state index in [1.807, 2.05) is 42.5 Å². The average molecular weight is 465 g/mol. The highest BCUT2D eigenvalue weighted by molar-refractivity contribution is 7.99. The van der Waals surface area contributed by atoms with Crippen LogP contribution in [0.25, 0.3) is 21.0 Å². The molecule has 0 bridgehead atoms. The Balaban J connectivity index is 1.33. The van der Waals surface area contributed by atoms with E-state index in [1.165, 1.54) is 22.2 Å². The second-order valence-electron chi connectivity index (χ2n) is 8.21. The second kappa shape index (κ2) is 8.35. The lowest BCUT2D eigenvalue weighted by molar-refractivity contribution is -0.113. The van der Waals surface area contributed by atoms with E-state index in [1.54, 1.807) is 11.3 Å². The van der Waals surface area contributed by atoms with Gasteiger partial charge in [0.2, 0.25) is 5.91 Å². The Morgan fingerprint density at radius 1 is 1.25 bits per heavy atom. The standard InChI is InChI=1S/C24H24N4O2S2/c1-3-24(2)11-16-18(12-30-24)32-22-20(16)21(25)27-23(28-22)31-13-19(29)26-17-10-6-8-14-7-4-5-9-15(14)17/h4-10H,3,11-13H2,1-2H3,(H,26,29)(H2,25,27,28)/t24-/m1/s1. The first-order valence-corrected chi connectivity index (χ1v) is 12.4. The molecular weight excluding hydrogens is 440 g/mol. The van der Waals surface area contributed by atoms with E-state index in [-0.39, 0.29) is 17.3 Å². The Hall–Kier alpha value is -2.68. The molecule has 4 aromatic rings. The minimum absolute atomic E-state index is 0.105. The number of nitrogens with zero attached hydrogens (tertiary/aromatic N) is 2. The molecule has 0 aliphatic carbocycles. The van der Waals surface area contributed by atoms with Crippen LogP contribution in [0.3, 0.4) is 0 Å². The first-order chi connectivity index (χ1) is 15.5. The van der Waals surface area contributed by atoms with Crippen LogP contribution in [0.15, 0.2) is 47.6 Å². The quantitative estimate of drug-likeness (QED) is 0.304. The Bertz CT molecular complexity index is 1330. The van der Waals surface area contributed by atoms with Gasteiger partial charge in [-0.25, -0.2) is 9.97 Å². The van der Waals surface area contributed by atoms with Crippen LogP contribution in [0.5, 0.6) is 0 Å². The van der Waals surface area contributed by atoms with Gasteiger partial charge in [0, 0.05) is 22.4 Å². The lowest BCUT2D eigenvalue weighted by Crippen LogP contribution is -2.33. The molecular formula is C24H24N4O2S2. The number of anilines is 2. The summed E-state index contributed by atoms with van der Waals surface area (Å²) in [6.45, 7) is 4.85. The highest BCUT2D eigenvalue weighted by Crippen LogP contribution is 2.41. The molecule has 5 rings (SSSR count). The van der Waals surface area contributed by atoms with Gasteiger partial charge in [-0.2, -0.15) is 0 Å². The zero-order chi connectivity index (χ0) is 22.3. The summed E-state index contributed by atoms with van der Waals surface area (Å²) in [5, 5.41) is 6.56. The van der Waals surface area contributed by atoms with Gasteiger partial charge >= 0.3 is 0 Å². The van der Waals surface area contributed by atoms with Gasteiger partial charge < -0.3 is 15.8 Å². The number of nitrogens with two attached hydrogens (primary N) is 1. The summed E-state index contributed by atoms with van der Waals surface area (Å²) >= 11 is 2.90. The average Bonchev–Trinajstić information content (AvgIpc) is 3.16. The van der Waals surface area contributed by atoms with Gasteiger partial charge in [-0.15, -0.1) is 11.3 Å². The molecule has 2 aromatic heterocycles. The lowest BCUT2D eigenvalue weighted by atomic mass is 9.90. The number of thioether (sulfide) groups is 1. The third kappa shape index (κ3) is 3.94. The summed E-state index contributed by atoms with van der Waals surface area (Å²) < 4.78 is 6.07. The molecule has 0 unspecified atom stereocenters. The van der Waals surface area contributed by atoms with Crippen molar-refractivity contribution in [2.24, 2.45) is 0 Å². The van der Waals surface area contributed by atoms with E-state index < -0.39 is 0 Å². The molecule has 0 radical (unpaired) electrons. The Morgan fingerprint density at radius 3 is 2.91 bits per heavy atom. The summed E-state index contributed by atoms with van der Waals surface area (Å²) in [6, 6.07) is 13.9. The number of nitrogens with one attached hydrogen (secondary N) is 1. The van der Waals surface area contributed by atoms with E-state index in [9.17, 15) is 4.79 Å². The van der Waals surface area contributed by atoms with Crippen LogP contribution in [0, 0.1) is 0 Å². The van der Waals surface area contributed by atoms with Gasteiger partial charge in [-0.05, 0) is 30.4 Å². The van der Waals surface area contributed by atoms with E-state index in [0.717, 1.165) is 39.5 Å². The summed E-state index contributed by atoms with van der Waals surface area (Å²) in [6.07, 6.45) is 1.75. The molecule has 1 atom stereocenters. The third-order valence-electron chi connectivity index (χ3n) is 5.99. The SMILES string of the molecule is CC[C@]1(C)Cc2c(sc3nc(SCC(=O)Nc4cccc5ccccc45)nc(N)c23)CO1. The van der Waals surface area contributed by atoms with Crippen LogP contribution in [0.1, 0.15) is 30.7 Å². The highest BCUT2D eigenvalue weighted by atomic mass is 32.2. The maximum Gasteiger partial charge on any atom is 0.234 e. The van der Waals surface area contributed by atoms with Crippen molar-refractivity contribution >= 4 is 61.5 Å². The van der Waals surface area contributed by atoms with Crippen LogP contribution >= 0.6 is 23.1 Å². The number of fused-ring (bicyclic) bond motifs is 4. The molecule has 0 saturated heterocycles. The van der Waals surface area contributed by atoms with Gasteiger partial charge in [-0.1, -0.05) is 55.1 Å². The Kier molecular flexibility index (Phi) is 5.53. The maximum absolute atomic E-state index is 12.6. The van der Waals surface area contributed by atoms with E-state index in [0.29, 0.717) is 17.6 Å². The smallest absolute Gasteiger partial charge is 0.234 e. The molecule has 1 aliphatic heterocycles. The van der Waals surface area contributed by atoms with Crippen LogP contribution in [-0.2, 0) is 22.6 Å². The normalized spacial score (nSPS) is 18.1. The van der Waals surface area contributed by atoms with Gasteiger partial charge in [0.25, 0.3) is 0 Å². The van der Waals surface area contributed by atoms with Crippen molar-refractivity contribution in [3.63, 3.8) is 0 Å². The fraction of sp³-hybridized carbons (Fsp3) is 0.292. The number of rotatable bonds is 5. The van der Waals surface area contributed by atoms with Crippen molar-refractivity contribution in [1.29, 1.82) is 0 Å². The minimum Gasteiger partial charge on any atom is -0.383 e. The number of hydrogen-bond donors (Lipinski definition) is 2. The molecule has 3 N–H and O–H groups in total. The summed E-state index contributed by atoms with van der Waals surface area (Å²) in [7, 11) is 0. The number of carbonyl (C=O) groups excluding carboxylic acids is 1. The summed E-state index contributed by atoms with van der Waals surface area (Å²) in [5.74, 6) is 0.576. The maximum atomic E-state index is 12.6. The number of benzene rings is 2. The molecule has 2 aromatic carbocycles. The number of amides is 1. The molecule has 6 nitrogen and oxygen atoms in total. The molecule has 8 heteroatoms. The van der Waals surface area contributed by atoms with Crippen molar-refractivity contribution < 1.29 is 9.53 Å². The molecule has 1 amide bonds. The van der Waals surface area contributed by atoms with Crippen molar-refractivity contribution in [3.05, 3.63) is 52.9 Å². The van der Waals surface area contributed by atoms with E-state index in [2.05, 4.69) is 24.1 Å². The molecule has 32 heavy (non-hydrogen) atoms. The molecule has 1 aliphatic rings. The van der Waals surface area contributed by atoms with Gasteiger partial charge in [0.05, 0.1) is 23.3 Å². The minimum atomic E-state index is -0.180. The van der Waals surface area contributed by atoms with Crippen LogP contribution < -0.4 is 11.1 Å². The first kappa shape index (κ1) is 21.2. The van der Waals surface area contributed by atoms with Crippen molar-refractivity contribution in [3.8, 4) is 0 Å². The molecule has 3 heterocycles. The Labute approximate surface area is 194 Å². The molecule has 0 fully saturated rings. The van der Waals surface area contributed by atoms with Crippen LogP contribution in [0.2, 0.25) is 0 Å². The second-order valence-corrected chi connectivity index (χ2v) is 10.2. The number of nitrogen functional groups attached to an aromatic ring is 1. The number of aromatic nitrogens is 2. The van der Waals surface area contributed by atoms with Gasteiger partial charge in [-0.3, -0.25) is 4.79 Å². The Morgan fingerprint density at radius 2 is 2.06 bits per heavy atom. The van der Waals surface area contributed by atoms with Crippen molar-refractivity contribution in [2.45, 2.75) is 44.1 Å². The van der Waals surface area contributed by atoms with E-state index in [4.69, 9.17) is 15.5 Å². The zero-order valence-corrected chi connectivity index (χ0v) is 19.6. The fourth-order valence-corrected chi connectivity index (χ4v) is 5.84. The third-order valence-corrected chi connectivity index (χ3v) is 7.93. The van der Waals surface area contributed by atoms with Crippen molar-refractivity contribution in [2.75, 3.05) is 16.8 Å². The zero-order valence-electron chi connectivity index (χ0n) is 18.0. The van der Waals surface area contributed by atoms with E-state index >= 15 is 0 Å². The molecule has 164 valence electrons. The lowest BCUT2D eigenvalue weighted by Gasteiger charge is -2.33. The largest absolute Gasteiger partial charge is 0.383 e. The van der Waals surface area contributed by atoms with Gasteiger partial charge in [0.1, 0.15) is 10.6 Å². The van der Waals surface area contributed by atoms with Gasteiger partial charge in [0.15, 0.2) is 5.16 Å². The number of thiophene rings is 1. The van der Waals surface area contributed by atoms with Crippen molar-refractivity contribution in [1.82, 2.24) is 9.97 Å². The number of carbonyl (C=O) groups is 1. The number of hydrogen-bond acceptors (Lipinski definition) is 7. The molecule has 0 saturated carbocycles. The first-order valence-electron chi connectivity index (χ1n) is 10.6. The predicted octanol–water partition coefficient (Wildman–Crippen LogP) is 5.40. The predicted molar refractivity (Wildman–Crippen MR) is 132 cm³/mol. The highest BCUT2D eigenvalue weighted by Gasteiger charge is 2.33. The van der Waals surface area contributed by atoms with Crippen LogP contribution in [0.4, 0.5) is 11.5 Å². The number of ether oxygens (including phenoxy) is 1. The monoisotopic (exact) mass is 464 g/mol. The summed E-state index contributed by atoms with van der Waals surface area (Å²) in [4.78, 5) is 23.8. The summed E-state index contributed by atoms with van der Waals surface area (Å²) in [5.41, 5.74) is 8.18.